The van der Waals surface area contributed by atoms with Crippen molar-refractivity contribution in [1.29, 1.82) is 0 Å². The first-order valence-corrected chi connectivity index (χ1v) is 4.00. The highest BCUT2D eigenvalue weighted by molar-refractivity contribution is 5.55. The fourth-order valence-corrected chi connectivity index (χ4v) is 1.06. The van der Waals surface area contributed by atoms with E-state index < -0.39 is 0 Å². The molecule has 0 aliphatic heterocycles. The maximum atomic E-state index is 7.98. The normalized spacial score (nSPS) is 17.3. The van der Waals surface area contributed by atoms with Crippen LogP contribution in [-0.4, -0.2) is 0 Å². The summed E-state index contributed by atoms with van der Waals surface area (Å²) in [6.07, 6.45) is 0. The Morgan fingerprint density at radius 2 is 1.75 bits per heavy atom. The highest BCUT2D eigenvalue weighted by atomic mass is 14.0. The van der Waals surface area contributed by atoms with Gasteiger partial charge in [-0.3, -0.25) is 0 Å². The molecule has 0 nitrogen and oxygen atoms in total. The smallest absolute Gasteiger partial charge is 0.0632 e. The molecule has 1 aromatic carbocycles. The molecule has 12 heavy (non-hydrogen) atoms. The van der Waals surface area contributed by atoms with Gasteiger partial charge in [0, 0.05) is 0 Å². The molecule has 64 valence electrons. The van der Waals surface area contributed by atoms with Gasteiger partial charge in [0.15, 0.2) is 0 Å². The molecular formula is C12H16. The monoisotopic (exact) mass is 164 g/mol. The minimum Gasteiger partial charge on any atom is -0.0871 e. The molecule has 1 aromatic rings. The predicted molar refractivity (Wildman–Crippen MR) is 55.4 cm³/mol. The van der Waals surface area contributed by atoms with Crippen molar-refractivity contribution in [2.45, 2.75) is 27.7 Å². The SMILES string of the molecule is [2H]C(C)=C([2H])c1c([2H])c(C)c(C)c([2H])c1C. The second-order valence-corrected chi connectivity index (χ2v) is 2.88. The highest BCUT2D eigenvalue weighted by Crippen LogP contribution is 2.16. The molecule has 0 atom stereocenters. The Hall–Kier alpha value is -1.04. The van der Waals surface area contributed by atoms with Gasteiger partial charge in [-0.2, -0.15) is 0 Å². The van der Waals surface area contributed by atoms with Gasteiger partial charge in [-0.1, -0.05) is 24.2 Å². The molecule has 0 spiro atoms. The number of benzene rings is 1. The topological polar surface area (TPSA) is 0 Å². The molecule has 0 bridgehead atoms. The van der Waals surface area contributed by atoms with Gasteiger partial charge in [0.2, 0.25) is 0 Å². The van der Waals surface area contributed by atoms with E-state index in [9.17, 15) is 0 Å². The summed E-state index contributed by atoms with van der Waals surface area (Å²) in [5, 5.41) is 0. The van der Waals surface area contributed by atoms with Crippen LogP contribution in [0.5, 0.6) is 0 Å². The molecule has 0 heterocycles. The van der Waals surface area contributed by atoms with E-state index in [0.29, 0.717) is 17.2 Å². The van der Waals surface area contributed by atoms with Crippen LogP contribution >= 0.6 is 0 Å². The van der Waals surface area contributed by atoms with E-state index in [0.717, 1.165) is 11.1 Å². The summed E-state index contributed by atoms with van der Waals surface area (Å²) in [5.74, 6) is 0. The zero-order chi connectivity index (χ0) is 12.6. The van der Waals surface area contributed by atoms with Crippen molar-refractivity contribution in [1.82, 2.24) is 0 Å². The minimum absolute atomic E-state index is 0.0408. The predicted octanol–water partition coefficient (Wildman–Crippen LogP) is 3.64. The van der Waals surface area contributed by atoms with Crippen LogP contribution < -0.4 is 0 Å². The largest absolute Gasteiger partial charge is 0.0871 e. The highest BCUT2D eigenvalue weighted by Gasteiger charge is 1.97. The quantitative estimate of drug-likeness (QED) is 0.594. The summed E-state index contributed by atoms with van der Waals surface area (Å²) in [6, 6.07) is 0.801. The van der Waals surface area contributed by atoms with Gasteiger partial charge in [0.05, 0.1) is 5.48 Å². The molecule has 0 aromatic heterocycles. The van der Waals surface area contributed by atoms with Crippen LogP contribution in [-0.2, 0) is 0 Å². The third-order valence-corrected chi connectivity index (χ3v) is 1.88. The molecule has 0 saturated carbocycles. The Balaban J connectivity index is 3.72. The molecule has 0 fully saturated rings. The fourth-order valence-electron chi connectivity index (χ4n) is 1.06. The summed E-state index contributed by atoms with van der Waals surface area (Å²) in [6.45, 7) is 6.86. The third-order valence-electron chi connectivity index (χ3n) is 1.88. The average Bonchev–Trinajstić information content (AvgIpc) is 2.23. The van der Waals surface area contributed by atoms with E-state index in [1.807, 2.05) is 6.92 Å². The van der Waals surface area contributed by atoms with E-state index in [-0.39, 0.29) is 18.1 Å². The summed E-state index contributed by atoms with van der Waals surface area (Å²) in [5.41, 5.74) is 2.53. The first-order valence-electron chi connectivity index (χ1n) is 6.00. The van der Waals surface area contributed by atoms with Gasteiger partial charge in [-0.15, -0.1) is 0 Å². The van der Waals surface area contributed by atoms with Gasteiger partial charge in [-0.05, 0) is 49.9 Å². The van der Waals surface area contributed by atoms with Crippen LogP contribution in [0.2, 0.25) is 0 Å². The lowest BCUT2D eigenvalue weighted by Gasteiger charge is -2.05. The molecule has 0 unspecified atom stereocenters. The maximum Gasteiger partial charge on any atom is 0.0632 e. The van der Waals surface area contributed by atoms with Gasteiger partial charge in [0.25, 0.3) is 0 Å². The van der Waals surface area contributed by atoms with E-state index >= 15 is 0 Å². The van der Waals surface area contributed by atoms with Crippen molar-refractivity contribution in [3.8, 4) is 0 Å². The molecular weight excluding hydrogens is 144 g/mol. The van der Waals surface area contributed by atoms with Gasteiger partial charge in [-0.25, -0.2) is 0 Å². The first-order chi connectivity index (χ1) is 7.29. The summed E-state index contributed by atoms with van der Waals surface area (Å²) < 4.78 is 31.1. The Morgan fingerprint density at radius 1 is 1.17 bits per heavy atom. The summed E-state index contributed by atoms with van der Waals surface area (Å²) >= 11 is 0. The molecule has 0 heteroatoms. The minimum atomic E-state index is 0.0408. The van der Waals surface area contributed by atoms with E-state index in [2.05, 4.69) is 0 Å². The van der Waals surface area contributed by atoms with E-state index in [1.165, 1.54) is 6.92 Å². The van der Waals surface area contributed by atoms with Gasteiger partial charge >= 0.3 is 0 Å². The third kappa shape index (κ3) is 1.76. The van der Waals surface area contributed by atoms with Crippen LogP contribution in [0.25, 0.3) is 6.05 Å². The lowest BCUT2D eigenvalue weighted by Crippen LogP contribution is -1.86. The van der Waals surface area contributed by atoms with E-state index in [4.69, 9.17) is 5.48 Å². The average molecular weight is 164 g/mol. The molecule has 1 rings (SSSR count). The van der Waals surface area contributed by atoms with Crippen LogP contribution in [0, 0.1) is 20.8 Å². The van der Waals surface area contributed by atoms with E-state index in [1.54, 1.807) is 13.8 Å². The summed E-state index contributed by atoms with van der Waals surface area (Å²) in [7, 11) is 0. The number of allylic oxidation sites excluding steroid dienone is 1. The van der Waals surface area contributed by atoms with Crippen LogP contribution in [0.3, 0.4) is 0 Å². The van der Waals surface area contributed by atoms with Crippen molar-refractivity contribution in [2.24, 2.45) is 0 Å². The number of rotatable bonds is 1. The lowest BCUT2D eigenvalue weighted by atomic mass is 10.0. The van der Waals surface area contributed by atoms with Crippen molar-refractivity contribution < 1.29 is 5.48 Å². The van der Waals surface area contributed by atoms with Crippen molar-refractivity contribution in [2.75, 3.05) is 0 Å². The van der Waals surface area contributed by atoms with Crippen LogP contribution in [0.1, 0.15) is 34.7 Å². The zero-order valence-corrected chi connectivity index (χ0v) is 8.00. The molecule has 0 aliphatic carbocycles. The Kier molecular flexibility index (Phi) is 1.45. The molecule has 0 amide bonds. The second-order valence-electron chi connectivity index (χ2n) is 2.88. The van der Waals surface area contributed by atoms with Gasteiger partial charge < -0.3 is 0 Å². The Morgan fingerprint density at radius 3 is 2.33 bits per heavy atom. The lowest BCUT2D eigenvalue weighted by molar-refractivity contribution is 1.29. The Labute approximate surface area is 80.6 Å². The zero-order valence-electron chi connectivity index (χ0n) is 12.0. The molecule has 0 aliphatic rings. The Bertz CT molecular complexity index is 439. The maximum absolute atomic E-state index is 7.98. The number of hydrogen-bond donors (Lipinski definition) is 0. The van der Waals surface area contributed by atoms with Crippen molar-refractivity contribution >= 4 is 6.05 Å². The van der Waals surface area contributed by atoms with Crippen molar-refractivity contribution in [3.05, 3.63) is 40.4 Å². The standard InChI is InChI=1S/C12H16/c1-5-6-12-8-10(3)9(2)7-11(12)4/h5-8H,1-4H3/i5D,6D,7D,8D. The summed E-state index contributed by atoms with van der Waals surface area (Å²) in [4.78, 5) is 0. The molecule has 0 saturated heterocycles. The van der Waals surface area contributed by atoms with Crippen molar-refractivity contribution in [3.63, 3.8) is 0 Å². The van der Waals surface area contributed by atoms with Gasteiger partial charge in [0.1, 0.15) is 0 Å². The molecule has 0 radical (unpaired) electrons. The second kappa shape index (κ2) is 3.57. The van der Waals surface area contributed by atoms with Crippen LogP contribution in [0.4, 0.5) is 0 Å². The molecule has 0 N–H and O–H groups in total. The van der Waals surface area contributed by atoms with Crippen LogP contribution in [0.15, 0.2) is 18.1 Å². The number of hydrogen-bond acceptors (Lipinski definition) is 0. The fraction of sp³-hybridized carbons (Fsp3) is 0.333. The first kappa shape index (κ1) is 4.86.